The van der Waals surface area contributed by atoms with Crippen LogP contribution in [0.1, 0.15) is 38.3 Å². The van der Waals surface area contributed by atoms with Gasteiger partial charge < -0.3 is 19.1 Å². The highest BCUT2D eigenvalue weighted by molar-refractivity contribution is 6.01. The van der Waals surface area contributed by atoms with Crippen LogP contribution < -0.4 is 14.4 Å². The summed E-state index contributed by atoms with van der Waals surface area (Å²) in [6.07, 6.45) is -0.00428. The Morgan fingerprint density at radius 1 is 0.714 bits per heavy atom. The van der Waals surface area contributed by atoms with Gasteiger partial charge in [-0.25, -0.2) is 4.79 Å². The summed E-state index contributed by atoms with van der Waals surface area (Å²) >= 11 is 0. The summed E-state index contributed by atoms with van der Waals surface area (Å²) in [5.41, 5.74) is 3.53. The maximum absolute atomic E-state index is 12.7. The van der Waals surface area contributed by atoms with Crippen molar-refractivity contribution in [3.63, 3.8) is 0 Å². The SMILES string of the molecule is Cc1ccc(Oc2ccc(N3C[C@H](C(=O)OCC(=O)c4ccc(OC(=O)c5ccc(C)cc5)cc4)CC3=O)cc2)cc1. The van der Waals surface area contributed by atoms with Crippen molar-refractivity contribution in [2.45, 2.75) is 20.3 Å². The van der Waals surface area contributed by atoms with Crippen molar-refractivity contribution in [2.24, 2.45) is 5.92 Å². The molecule has 1 fully saturated rings. The minimum absolute atomic E-state index is 0.00428. The fraction of sp³-hybridized carbons (Fsp3) is 0.176. The Hall–Kier alpha value is -5.24. The number of benzene rings is 4. The summed E-state index contributed by atoms with van der Waals surface area (Å²) in [5, 5.41) is 0. The number of ether oxygens (including phenoxy) is 3. The van der Waals surface area contributed by atoms with Crippen molar-refractivity contribution in [3.8, 4) is 17.2 Å². The van der Waals surface area contributed by atoms with E-state index in [0.717, 1.165) is 11.1 Å². The summed E-state index contributed by atoms with van der Waals surface area (Å²) < 4.78 is 16.5. The molecule has 5 rings (SSSR count). The molecule has 0 spiro atoms. The fourth-order valence-corrected chi connectivity index (χ4v) is 4.45. The highest BCUT2D eigenvalue weighted by atomic mass is 16.5. The molecule has 0 aliphatic carbocycles. The largest absolute Gasteiger partial charge is 0.457 e. The third kappa shape index (κ3) is 6.90. The first kappa shape index (κ1) is 28.3. The standard InChI is InChI=1S/C34H29NO7/c1-22-3-7-25(8-4-22)34(39)42-30-15-9-24(10-16-30)31(36)21-40-33(38)26-19-32(37)35(20-26)27-11-17-29(18-12-27)41-28-13-5-23(2)6-14-28/h3-18,26H,19-21H2,1-2H3/t26-/m1/s1. The van der Waals surface area contributed by atoms with Gasteiger partial charge in [0.05, 0.1) is 11.5 Å². The number of amides is 1. The molecule has 1 aliphatic rings. The number of hydrogen-bond donors (Lipinski definition) is 0. The van der Waals surface area contributed by atoms with E-state index in [1.807, 2.05) is 50.2 Å². The lowest BCUT2D eigenvalue weighted by Gasteiger charge is -2.17. The molecule has 1 amide bonds. The van der Waals surface area contributed by atoms with Gasteiger partial charge in [0.15, 0.2) is 12.4 Å². The maximum Gasteiger partial charge on any atom is 0.343 e. The van der Waals surface area contributed by atoms with Gasteiger partial charge in [-0.15, -0.1) is 0 Å². The van der Waals surface area contributed by atoms with E-state index in [1.165, 1.54) is 29.2 Å². The minimum atomic E-state index is -0.683. The fourth-order valence-electron chi connectivity index (χ4n) is 4.45. The Morgan fingerprint density at radius 3 is 1.86 bits per heavy atom. The van der Waals surface area contributed by atoms with Crippen molar-refractivity contribution >= 4 is 29.3 Å². The van der Waals surface area contributed by atoms with Crippen LogP contribution in [0.4, 0.5) is 5.69 Å². The number of anilines is 1. The number of nitrogens with zero attached hydrogens (tertiary/aromatic N) is 1. The average Bonchev–Trinajstić information content (AvgIpc) is 3.39. The lowest BCUT2D eigenvalue weighted by Crippen LogP contribution is -2.27. The molecule has 1 heterocycles. The van der Waals surface area contributed by atoms with Crippen molar-refractivity contribution in [1.29, 1.82) is 0 Å². The second kappa shape index (κ2) is 12.5. The zero-order chi connectivity index (χ0) is 29.6. The van der Waals surface area contributed by atoms with E-state index in [9.17, 15) is 19.2 Å². The van der Waals surface area contributed by atoms with E-state index in [1.54, 1.807) is 36.4 Å². The number of esters is 2. The Morgan fingerprint density at radius 2 is 1.24 bits per heavy atom. The number of Topliss-reactive ketones (excluding diaryl/α,β-unsaturated/α-hetero) is 1. The smallest absolute Gasteiger partial charge is 0.343 e. The van der Waals surface area contributed by atoms with Crippen molar-refractivity contribution in [3.05, 3.63) is 119 Å². The van der Waals surface area contributed by atoms with Crippen LogP contribution in [0, 0.1) is 19.8 Å². The first-order valence-electron chi connectivity index (χ1n) is 13.5. The first-order chi connectivity index (χ1) is 20.2. The van der Waals surface area contributed by atoms with Gasteiger partial charge in [0.25, 0.3) is 0 Å². The molecule has 0 aromatic heterocycles. The average molecular weight is 564 g/mol. The molecule has 42 heavy (non-hydrogen) atoms. The van der Waals surface area contributed by atoms with Gasteiger partial charge in [0, 0.05) is 24.2 Å². The molecule has 0 N–H and O–H groups in total. The second-order valence-electron chi connectivity index (χ2n) is 10.1. The molecule has 0 bridgehead atoms. The molecular weight excluding hydrogens is 534 g/mol. The quantitative estimate of drug-likeness (QED) is 0.138. The lowest BCUT2D eigenvalue weighted by molar-refractivity contribution is -0.147. The van der Waals surface area contributed by atoms with Gasteiger partial charge in [-0.3, -0.25) is 14.4 Å². The van der Waals surface area contributed by atoms with Crippen molar-refractivity contribution in [1.82, 2.24) is 0 Å². The second-order valence-corrected chi connectivity index (χ2v) is 10.1. The molecule has 0 saturated carbocycles. The monoisotopic (exact) mass is 563 g/mol. The van der Waals surface area contributed by atoms with Gasteiger partial charge in [-0.1, -0.05) is 35.4 Å². The molecule has 4 aromatic rings. The van der Waals surface area contributed by atoms with Gasteiger partial charge in [-0.2, -0.15) is 0 Å². The van der Waals surface area contributed by atoms with Gasteiger partial charge in [0.2, 0.25) is 5.91 Å². The zero-order valence-electron chi connectivity index (χ0n) is 23.2. The molecular formula is C34H29NO7. The number of carbonyl (C=O) groups excluding carboxylic acids is 4. The number of hydrogen-bond acceptors (Lipinski definition) is 7. The summed E-state index contributed by atoms with van der Waals surface area (Å²) in [7, 11) is 0. The van der Waals surface area contributed by atoms with E-state index >= 15 is 0 Å². The number of rotatable bonds is 9. The van der Waals surface area contributed by atoms with Crippen LogP contribution in [0.5, 0.6) is 17.2 Å². The van der Waals surface area contributed by atoms with Crippen LogP contribution in [0.3, 0.4) is 0 Å². The maximum atomic E-state index is 12.7. The van der Waals surface area contributed by atoms with Gasteiger partial charge in [-0.05, 0) is 86.6 Å². The summed E-state index contributed by atoms with van der Waals surface area (Å²) in [6.45, 7) is 3.62. The Bertz CT molecular complexity index is 1590. The van der Waals surface area contributed by atoms with E-state index < -0.39 is 30.2 Å². The molecule has 4 aromatic carbocycles. The van der Waals surface area contributed by atoms with Gasteiger partial charge >= 0.3 is 11.9 Å². The Labute approximate surface area is 243 Å². The summed E-state index contributed by atoms with van der Waals surface area (Å²) in [5.74, 6) is -0.791. The van der Waals surface area contributed by atoms with Crippen molar-refractivity contribution < 1.29 is 33.4 Å². The number of aryl methyl sites for hydroxylation is 2. The molecule has 1 aliphatic heterocycles. The zero-order valence-corrected chi connectivity index (χ0v) is 23.2. The van der Waals surface area contributed by atoms with Crippen LogP contribution in [-0.4, -0.2) is 36.8 Å². The predicted molar refractivity (Wildman–Crippen MR) is 156 cm³/mol. The normalized spacial score (nSPS) is 14.4. The van der Waals surface area contributed by atoms with Crippen molar-refractivity contribution in [2.75, 3.05) is 18.1 Å². The van der Waals surface area contributed by atoms with Crippen LogP contribution in [0.25, 0.3) is 0 Å². The van der Waals surface area contributed by atoms with Crippen LogP contribution >= 0.6 is 0 Å². The predicted octanol–water partition coefficient (Wildman–Crippen LogP) is 6.09. The third-order valence-corrected chi connectivity index (χ3v) is 6.88. The van der Waals surface area contributed by atoms with E-state index in [4.69, 9.17) is 14.2 Å². The van der Waals surface area contributed by atoms with Crippen LogP contribution in [0.15, 0.2) is 97.1 Å². The third-order valence-electron chi connectivity index (χ3n) is 6.88. The lowest BCUT2D eigenvalue weighted by atomic mass is 10.1. The molecule has 1 saturated heterocycles. The van der Waals surface area contributed by atoms with E-state index in [0.29, 0.717) is 28.3 Å². The van der Waals surface area contributed by atoms with E-state index in [2.05, 4.69) is 0 Å². The molecule has 8 heteroatoms. The number of ketones is 1. The molecule has 212 valence electrons. The Balaban J connectivity index is 1.10. The highest BCUT2D eigenvalue weighted by Crippen LogP contribution is 2.29. The topological polar surface area (TPSA) is 99.2 Å². The highest BCUT2D eigenvalue weighted by Gasteiger charge is 2.36. The first-order valence-corrected chi connectivity index (χ1v) is 13.5. The van der Waals surface area contributed by atoms with Crippen LogP contribution in [0.2, 0.25) is 0 Å². The minimum Gasteiger partial charge on any atom is -0.457 e. The number of carbonyl (C=O) groups is 4. The summed E-state index contributed by atoms with van der Waals surface area (Å²) in [4.78, 5) is 51.8. The molecule has 1 atom stereocenters. The van der Waals surface area contributed by atoms with Gasteiger partial charge in [0.1, 0.15) is 17.2 Å². The molecule has 0 unspecified atom stereocenters. The van der Waals surface area contributed by atoms with Crippen LogP contribution in [-0.2, 0) is 14.3 Å². The van der Waals surface area contributed by atoms with E-state index in [-0.39, 0.29) is 24.6 Å². The summed E-state index contributed by atoms with van der Waals surface area (Å²) in [6, 6.07) is 27.8. The molecule has 8 nitrogen and oxygen atoms in total. The Kier molecular flexibility index (Phi) is 8.43. The molecule has 0 radical (unpaired) electrons.